The molecule has 0 aliphatic carbocycles. The Balaban J connectivity index is 4.16. The Bertz CT molecular complexity index is 264. The van der Waals surface area contributed by atoms with Gasteiger partial charge in [0.1, 0.15) is 6.04 Å². The molecule has 6 nitrogen and oxygen atoms in total. The van der Waals surface area contributed by atoms with Crippen molar-refractivity contribution in [2.45, 2.75) is 32.7 Å². The molecule has 0 rings (SSSR count). The highest BCUT2D eigenvalue weighted by Crippen LogP contribution is 2.01. The first-order valence-electron chi connectivity index (χ1n) is 5.01. The van der Waals surface area contributed by atoms with Gasteiger partial charge in [0.05, 0.1) is 13.7 Å². The van der Waals surface area contributed by atoms with Crippen molar-refractivity contribution in [1.29, 1.82) is 0 Å². The minimum absolute atomic E-state index is 0.0634. The number of hydrogen-bond acceptors (Lipinski definition) is 5. The standard InChI is InChI=1S/C10H17NO5/c1-4-16-9(13)6-5-8(10(14)15-3)11-7(2)12/h8H,4-6H2,1-3H3,(H,11,12). The minimum atomic E-state index is -0.799. The molecule has 0 aromatic carbocycles. The number of nitrogens with one attached hydrogen (secondary N) is 1. The van der Waals surface area contributed by atoms with Crippen LogP contribution in [0.25, 0.3) is 0 Å². The van der Waals surface area contributed by atoms with E-state index in [9.17, 15) is 14.4 Å². The van der Waals surface area contributed by atoms with Crippen molar-refractivity contribution in [2.75, 3.05) is 13.7 Å². The summed E-state index contributed by atoms with van der Waals surface area (Å²) in [6, 6.07) is -0.799. The van der Waals surface area contributed by atoms with Gasteiger partial charge in [-0.3, -0.25) is 9.59 Å². The second-order valence-corrected chi connectivity index (χ2v) is 3.12. The van der Waals surface area contributed by atoms with Crippen LogP contribution in [0, 0.1) is 0 Å². The van der Waals surface area contributed by atoms with E-state index in [1.165, 1.54) is 14.0 Å². The Kier molecular flexibility index (Phi) is 6.91. The lowest BCUT2D eigenvalue weighted by molar-refractivity contribution is -0.146. The van der Waals surface area contributed by atoms with Gasteiger partial charge in [-0.2, -0.15) is 0 Å². The van der Waals surface area contributed by atoms with Crippen LogP contribution in [0.5, 0.6) is 0 Å². The molecule has 6 heteroatoms. The topological polar surface area (TPSA) is 81.7 Å². The molecule has 0 aromatic rings. The zero-order valence-corrected chi connectivity index (χ0v) is 9.74. The van der Waals surface area contributed by atoms with Gasteiger partial charge in [-0.15, -0.1) is 0 Å². The fraction of sp³-hybridized carbons (Fsp3) is 0.700. The molecule has 0 aliphatic heterocycles. The Morgan fingerprint density at radius 2 is 1.94 bits per heavy atom. The molecule has 0 heterocycles. The van der Waals surface area contributed by atoms with Gasteiger partial charge in [-0.1, -0.05) is 0 Å². The molecule has 0 saturated heterocycles. The molecule has 1 atom stereocenters. The van der Waals surface area contributed by atoms with Crippen LogP contribution in [0.15, 0.2) is 0 Å². The fourth-order valence-corrected chi connectivity index (χ4v) is 1.13. The van der Waals surface area contributed by atoms with E-state index in [0.717, 1.165) is 0 Å². The quantitative estimate of drug-likeness (QED) is 0.651. The van der Waals surface area contributed by atoms with Gasteiger partial charge in [-0.05, 0) is 13.3 Å². The van der Waals surface area contributed by atoms with Gasteiger partial charge in [-0.25, -0.2) is 4.79 Å². The van der Waals surface area contributed by atoms with E-state index in [2.05, 4.69) is 10.1 Å². The highest BCUT2D eigenvalue weighted by molar-refractivity contribution is 5.83. The van der Waals surface area contributed by atoms with Crippen LogP contribution in [0.4, 0.5) is 0 Å². The van der Waals surface area contributed by atoms with Gasteiger partial charge in [0.2, 0.25) is 5.91 Å². The van der Waals surface area contributed by atoms with Gasteiger partial charge >= 0.3 is 11.9 Å². The Morgan fingerprint density at radius 3 is 2.38 bits per heavy atom. The highest BCUT2D eigenvalue weighted by atomic mass is 16.5. The molecular weight excluding hydrogens is 214 g/mol. The molecule has 1 unspecified atom stereocenters. The molecule has 0 radical (unpaired) electrons. The lowest BCUT2D eigenvalue weighted by atomic mass is 10.1. The predicted molar refractivity (Wildman–Crippen MR) is 55.5 cm³/mol. The second kappa shape index (κ2) is 7.67. The average Bonchev–Trinajstić information content (AvgIpc) is 2.23. The summed E-state index contributed by atoms with van der Waals surface area (Å²) < 4.78 is 9.21. The molecule has 92 valence electrons. The molecule has 0 bridgehead atoms. The van der Waals surface area contributed by atoms with Crippen LogP contribution in [-0.4, -0.2) is 37.6 Å². The van der Waals surface area contributed by atoms with Crippen LogP contribution in [0.2, 0.25) is 0 Å². The van der Waals surface area contributed by atoms with E-state index >= 15 is 0 Å². The smallest absolute Gasteiger partial charge is 0.328 e. The molecule has 0 spiro atoms. The molecular formula is C10H17NO5. The van der Waals surface area contributed by atoms with E-state index in [-0.39, 0.29) is 18.7 Å². The molecule has 16 heavy (non-hydrogen) atoms. The van der Waals surface area contributed by atoms with E-state index in [4.69, 9.17) is 4.74 Å². The summed E-state index contributed by atoms with van der Waals surface area (Å²) in [5.41, 5.74) is 0. The third-order valence-corrected chi connectivity index (χ3v) is 1.81. The second-order valence-electron chi connectivity index (χ2n) is 3.12. The molecule has 1 N–H and O–H groups in total. The highest BCUT2D eigenvalue weighted by Gasteiger charge is 2.21. The number of carbonyl (C=O) groups excluding carboxylic acids is 3. The largest absolute Gasteiger partial charge is 0.467 e. The van der Waals surface area contributed by atoms with E-state index < -0.39 is 18.0 Å². The number of rotatable bonds is 6. The number of hydrogen-bond donors (Lipinski definition) is 1. The summed E-state index contributed by atoms with van der Waals surface area (Å²) in [6.45, 7) is 3.28. The van der Waals surface area contributed by atoms with Crippen molar-refractivity contribution >= 4 is 17.8 Å². The number of methoxy groups -OCH3 is 1. The molecule has 0 aromatic heterocycles. The summed E-state index contributed by atoms with van der Waals surface area (Å²) in [5, 5.41) is 2.41. The van der Waals surface area contributed by atoms with E-state index in [1.54, 1.807) is 6.92 Å². The summed E-state index contributed by atoms with van der Waals surface area (Å²) in [5.74, 6) is -1.32. The van der Waals surface area contributed by atoms with Crippen LogP contribution in [0.1, 0.15) is 26.7 Å². The van der Waals surface area contributed by atoms with Crippen molar-refractivity contribution in [3.05, 3.63) is 0 Å². The van der Waals surface area contributed by atoms with Crippen LogP contribution < -0.4 is 5.32 Å². The first kappa shape index (κ1) is 14.4. The Morgan fingerprint density at radius 1 is 1.31 bits per heavy atom. The van der Waals surface area contributed by atoms with E-state index in [1.807, 2.05) is 0 Å². The maximum atomic E-state index is 11.2. The number of carbonyl (C=O) groups is 3. The monoisotopic (exact) mass is 231 g/mol. The van der Waals surface area contributed by atoms with Crippen LogP contribution in [0.3, 0.4) is 0 Å². The van der Waals surface area contributed by atoms with Crippen molar-refractivity contribution in [2.24, 2.45) is 0 Å². The molecule has 0 aliphatic rings. The zero-order chi connectivity index (χ0) is 12.6. The van der Waals surface area contributed by atoms with Crippen LogP contribution >= 0.6 is 0 Å². The van der Waals surface area contributed by atoms with Crippen molar-refractivity contribution in [1.82, 2.24) is 5.32 Å². The van der Waals surface area contributed by atoms with Gasteiger partial charge in [0.15, 0.2) is 0 Å². The maximum absolute atomic E-state index is 11.2. The fourth-order valence-electron chi connectivity index (χ4n) is 1.13. The van der Waals surface area contributed by atoms with Gasteiger partial charge in [0, 0.05) is 13.3 Å². The Labute approximate surface area is 94.3 Å². The molecule has 0 saturated carbocycles. The first-order chi connectivity index (χ1) is 7.51. The van der Waals surface area contributed by atoms with Crippen molar-refractivity contribution in [3.8, 4) is 0 Å². The predicted octanol–water partition coefficient (Wildman–Crippen LogP) is 0.00740. The molecule has 0 fully saturated rings. The Hall–Kier alpha value is -1.59. The summed E-state index contributed by atoms with van der Waals surface area (Å²) >= 11 is 0. The first-order valence-corrected chi connectivity index (χ1v) is 5.01. The number of ether oxygens (including phenoxy) is 2. The summed E-state index contributed by atoms with van der Waals surface area (Å²) in [4.78, 5) is 33.1. The summed E-state index contributed by atoms with van der Waals surface area (Å²) in [7, 11) is 1.22. The summed E-state index contributed by atoms with van der Waals surface area (Å²) in [6.07, 6.45) is 0.235. The number of amides is 1. The van der Waals surface area contributed by atoms with Gasteiger partial charge in [0.25, 0.3) is 0 Å². The van der Waals surface area contributed by atoms with Crippen molar-refractivity contribution in [3.63, 3.8) is 0 Å². The average molecular weight is 231 g/mol. The zero-order valence-electron chi connectivity index (χ0n) is 9.74. The maximum Gasteiger partial charge on any atom is 0.328 e. The SMILES string of the molecule is CCOC(=O)CCC(NC(C)=O)C(=O)OC. The van der Waals surface area contributed by atoms with Crippen molar-refractivity contribution < 1.29 is 23.9 Å². The lowest BCUT2D eigenvalue weighted by Gasteiger charge is -2.14. The third-order valence-electron chi connectivity index (χ3n) is 1.81. The third kappa shape index (κ3) is 6.00. The van der Waals surface area contributed by atoms with Gasteiger partial charge < -0.3 is 14.8 Å². The number of esters is 2. The normalized spacial score (nSPS) is 11.4. The lowest BCUT2D eigenvalue weighted by Crippen LogP contribution is -2.40. The molecule has 1 amide bonds. The van der Waals surface area contributed by atoms with E-state index in [0.29, 0.717) is 6.61 Å². The van der Waals surface area contributed by atoms with Crippen LogP contribution in [-0.2, 0) is 23.9 Å². The minimum Gasteiger partial charge on any atom is -0.467 e.